The van der Waals surface area contributed by atoms with Crippen molar-refractivity contribution in [2.45, 2.75) is 0 Å². The summed E-state index contributed by atoms with van der Waals surface area (Å²) in [6.45, 7) is 0. The van der Waals surface area contributed by atoms with E-state index in [-0.39, 0.29) is 34.0 Å². The van der Waals surface area contributed by atoms with Crippen LogP contribution in [0.15, 0.2) is 60.7 Å². The Balaban J connectivity index is 1.91. The smallest absolute Gasteiger partial charge is 0.339 e. The zero-order valence-corrected chi connectivity index (χ0v) is 17.6. The molecule has 9 heteroatoms. The lowest BCUT2D eigenvalue weighted by molar-refractivity contribution is -0.383. The highest BCUT2D eigenvalue weighted by atomic mass is 16.6. The highest BCUT2D eigenvalue weighted by Gasteiger charge is 2.25. The highest BCUT2D eigenvalue weighted by Crippen LogP contribution is 2.39. The van der Waals surface area contributed by atoms with Crippen LogP contribution in [0.1, 0.15) is 20.7 Å². The van der Waals surface area contributed by atoms with E-state index in [1.54, 1.807) is 48.5 Å². The van der Waals surface area contributed by atoms with E-state index in [9.17, 15) is 24.8 Å². The summed E-state index contributed by atoms with van der Waals surface area (Å²) < 4.78 is 10.7. The largest absolute Gasteiger partial charge is 0.495 e. The van der Waals surface area contributed by atoms with Crippen LogP contribution in [0.2, 0.25) is 0 Å². The Kier molecular flexibility index (Phi) is 5.53. The molecule has 0 heterocycles. The van der Waals surface area contributed by atoms with Crippen LogP contribution in [0.3, 0.4) is 0 Å². The molecule has 33 heavy (non-hydrogen) atoms. The van der Waals surface area contributed by atoms with Gasteiger partial charge in [0, 0.05) is 22.2 Å². The number of nitrogens with zero attached hydrogens (tertiary/aromatic N) is 1. The first-order chi connectivity index (χ1) is 15.9. The molecule has 0 spiro atoms. The molecule has 0 saturated heterocycles. The number of fused-ring (bicyclic) bond motifs is 2. The fourth-order valence-electron chi connectivity index (χ4n) is 3.89. The van der Waals surface area contributed by atoms with E-state index in [1.165, 1.54) is 20.3 Å². The molecule has 0 unspecified atom stereocenters. The number of hydrogen-bond donors (Lipinski definition) is 2. The average molecular weight is 446 g/mol. The minimum Gasteiger partial charge on any atom is -0.495 e. The first-order valence-corrected chi connectivity index (χ1v) is 9.75. The fourth-order valence-corrected chi connectivity index (χ4v) is 3.89. The number of carboxylic acids is 1. The number of nitro benzene ring substituents is 1. The second kappa shape index (κ2) is 8.46. The number of carbonyl (C=O) groups is 2. The van der Waals surface area contributed by atoms with Crippen molar-refractivity contribution >= 4 is 44.8 Å². The second-order valence-corrected chi connectivity index (χ2v) is 7.09. The number of anilines is 1. The zero-order chi connectivity index (χ0) is 23.7. The van der Waals surface area contributed by atoms with Crippen molar-refractivity contribution in [1.29, 1.82) is 0 Å². The number of benzene rings is 4. The summed E-state index contributed by atoms with van der Waals surface area (Å²) in [5.41, 5.74) is -0.225. The summed E-state index contributed by atoms with van der Waals surface area (Å²) in [6, 6.07) is 15.8. The third-order valence-electron chi connectivity index (χ3n) is 5.30. The summed E-state index contributed by atoms with van der Waals surface area (Å²) in [6.07, 6.45) is 0. The molecule has 9 nitrogen and oxygen atoms in total. The van der Waals surface area contributed by atoms with Gasteiger partial charge in [0.25, 0.3) is 11.6 Å². The monoisotopic (exact) mass is 446 g/mol. The van der Waals surface area contributed by atoms with Crippen molar-refractivity contribution in [3.8, 4) is 11.5 Å². The van der Waals surface area contributed by atoms with Crippen LogP contribution in [-0.2, 0) is 0 Å². The third kappa shape index (κ3) is 3.65. The zero-order valence-electron chi connectivity index (χ0n) is 17.6. The minimum absolute atomic E-state index is 0.0559. The Morgan fingerprint density at radius 3 is 1.91 bits per heavy atom. The molecular weight excluding hydrogens is 428 g/mol. The predicted octanol–water partition coefficient (Wildman–Crippen LogP) is 4.87. The molecule has 0 fully saturated rings. The van der Waals surface area contributed by atoms with Crippen LogP contribution in [0.25, 0.3) is 21.5 Å². The first-order valence-electron chi connectivity index (χ1n) is 9.75. The lowest BCUT2D eigenvalue weighted by Crippen LogP contribution is -2.15. The number of nitro groups is 1. The number of amides is 1. The average Bonchev–Trinajstić information content (AvgIpc) is 2.82. The SMILES string of the molecule is COc1c(C(=O)O)cc(NC(=O)c2cc([N+](=O)[O-])c3ccccc3c2OC)c2ccccc12. The lowest BCUT2D eigenvalue weighted by atomic mass is 10.0. The van der Waals surface area contributed by atoms with E-state index in [2.05, 4.69) is 5.32 Å². The van der Waals surface area contributed by atoms with Gasteiger partial charge in [0.05, 0.1) is 35.8 Å². The van der Waals surface area contributed by atoms with Gasteiger partial charge in [0.15, 0.2) is 0 Å². The summed E-state index contributed by atoms with van der Waals surface area (Å²) in [5, 5.41) is 25.8. The molecule has 0 bridgehead atoms. The number of methoxy groups -OCH3 is 2. The lowest BCUT2D eigenvalue weighted by Gasteiger charge is -2.16. The molecule has 4 aromatic carbocycles. The Hall–Kier alpha value is -4.66. The van der Waals surface area contributed by atoms with E-state index >= 15 is 0 Å². The second-order valence-electron chi connectivity index (χ2n) is 7.09. The van der Waals surface area contributed by atoms with Crippen molar-refractivity contribution < 1.29 is 29.1 Å². The van der Waals surface area contributed by atoms with Gasteiger partial charge in [-0.05, 0) is 12.1 Å². The molecule has 0 saturated carbocycles. The van der Waals surface area contributed by atoms with Gasteiger partial charge in [-0.15, -0.1) is 0 Å². The van der Waals surface area contributed by atoms with Gasteiger partial charge in [-0.1, -0.05) is 42.5 Å². The minimum atomic E-state index is -1.23. The first kappa shape index (κ1) is 21.6. The van der Waals surface area contributed by atoms with Gasteiger partial charge in [-0.25, -0.2) is 4.79 Å². The van der Waals surface area contributed by atoms with Crippen LogP contribution >= 0.6 is 0 Å². The number of carboxylic acid groups (broad SMARTS) is 1. The maximum atomic E-state index is 13.3. The topological polar surface area (TPSA) is 128 Å². The molecule has 166 valence electrons. The molecule has 1 amide bonds. The number of hydrogen-bond acceptors (Lipinski definition) is 6. The Labute approximate surface area is 187 Å². The van der Waals surface area contributed by atoms with E-state index in [0.29, 0.717) is 21.5 Å². The number of rotatable bonds is 6. The molecule has 0 aliphatic carbocycles. The van der Waals surface area contributed by atoms with Gasteiger partial charge in [0.1, 0.15) is 17.1 Å². The number of carbonyl (C=O) groups excluding carboxylic acids is 1. The molecule has 0 aromatic heterocycles. The van der Waals surface area contributed by atoms with Gasteiger partial charge >= 0.3 is 5.97 Å². The number of nitrogens with one attached hydrogen (secondary N) is 1. The molecule has 0 atom stereocenters. The molecule has 4 aromatic rings. The molecular formula is C24H18N2O7. The van der Waals surface area contributed by atoms with Gasteiger partial charge in [0.2, 0.25) is 0 Å². The highest BCUT2D eigenvalue weighted by molar-refractivity contribution is 6.16. The normalized spacial score (nSPS) is 10.7. The molecule has 0 radical (unpaired) electrons. The number of non-ortho nitro benzene ring substituents is 1. The van der Waals surface area contributed by atoms with Crippen molar-refractivity contribution in [2.75, 3.05) is 19.5 Å². The Morgan fingerprint density at radius 1 is 0.848 bits per heavy atom. The number of ether oxygens (including phenoxy) is 2. The van der Waals surface area contributed by atoms with Crippen LogP contribution in [0.5, 0.6) is 11.5 Å². The van der Waals surface area contributed by atoms with Crippen LogP contribution in [0.4, 0.5) is 11.4 Å². The summed E-state index contributed by atoms with van der Waals surface area (Å²) in [7, 11) is 2.74. The van der Waals surface area contributed by atoms with Crippen molar-refractivity contribution in [3.63, 3.8) is 0 Å². The molecule has 0 aliphatic heterocycles. The molecule has 4 rings (SSSR count). The summed E-state index contributed by atoms with van der Waals surface area (Å²) >= 11 is 0. The molecule has 0 aliphatic rings. The van der Waals surface area contributed by atoms with Crippen LogP contribution in [-0.4, -0.2) is 36.1 Å². The quantitative estimate of drug-likeness (QED) is 0.319. The summed E-state index contributed by atoms with van der Waals surface area (Å²) in [4.78, 5) is 36.2. The van der Waals surface area contributed by atoms with Gasteiger partial charge < -0.3 is 19.9 Å². The van der Waals surface area contributed by atoms with E-state index in [0.717, 1.165) is 6.07 Å². The maximum Gasteiger partial charge on any atom is 0.339 e. The Bertz CT molecular complexity index is 1450. The van der Waals surface area contributed by atoms with Crippen LogP contribution in [0, 0.1) is 10.1 Å². The van der Waals surface area contributed by atoms with Crippen molar-refractivity contribution in [3.05, 3.63) is 81.9 Å². The van der Waals surface area contributed by atoms with E-state index in [1.807, 2.05) is 0 Å². The summed E-state index contributed by atoms with van der Waals surface area (Å²) in [5.74, 6) is -1.58. The van der Waals surface area contributed by atoms with Crippen LogP contribution < -0.4 is 14.8 Å². The van der Waals surface area contributed by atoms with Crippen molar-refractivity contribution in [2.24, 2.45) is 0 Å². The van der Waals surface area contributed by atoms with Gasteiger partial charge in [-0.2, -0.15) is 0 Å². The van der Waals surface area contributed by atoms with Crippen molar-refractivity contribution in [1.82, 2.24) is 0 Å². The van der Waals surface area contributed by atoms with E-state index in [4.69, 9.17) is 9.47 Å². The predicted molar refractivity (Wildman–Crippen MR) is 123 cm³/mol. The standard InChI is InChI=1S/C24H18N2O7/c1-32-21-16-10-6-4-8-14(16)20(26(30)31)12-17(21)23(27)25-19-11-18(24(28)29)22(33-2)15-9-5-3-7-13(15)19/h3-12H,1-2H3,(H,25,27)(H,28,29). The van der Waals surface area contributed by atoms with E-state index < -0.39 is 16.8 Å². The molecule has 2 N–H and O–H groups in total. The maximum absolute atomic E-state index is 13.3. The third-order valence-corrected chi connectivity index (χ3v) is 5.30. The van der Waals surface area contributed by atoms with Gasteiger partial charge in [-0.3, -0.25) is 14.9 Å². The number of aromatic carboxylic acids is 1. The Morgan fingerprint density at radius 2 is 1.36 bits per heavy atom. The fraction of sp³-hybridized carbons (Fsp3) is 0.0833.